The van der Waals surface area contributed by atoms with Crippen LogP contribution in [0.2, 0.25) is 0 Å². The predicted octanol–water partition coefficient (Wildman–Crippen LogP) is 4.65. The van der Waals surface area contributed by atoms with Crippen molar-refractivity contribution in [1.82, 2.24) is 24.3 Å². The first kappa shape index (κ1) is 19.8. The van der Waals surface area contributed by atoms with Crippen LogP contribution in [0.1, 0.15) is 26.3 Å². The minimum Gasteiger partial charge on any atom is -0.494 e. The number of aromatic nitrogens is 5. The standard InChI is InChI=1S/C21H21F2N5O2/c1-12-5-16(13-6-15(9-24-7-13)30-20(22)23)26-17-11-27(19(29)18(12)17)14-8-25-28(10-14)21(2,3)4/h5-11,20,29H,1-4H3. The summed E-state index contributed by atoms with van der Waals surface area (Å²) >= 11 is 0. The first-order chi connectivity index (χ1) is 14.1. The lowest BCUT2D eigenvalue weighted by Crippen LogP contribution is -2.21. The van der Waals surface area contributed by atoms with Gasteiger partial charge in [-0.25, -0.2) is 4.98 Å². The van der Waals surface area contributed by atoms with Gasteiger partial charge in [0.25, 0.3) is 0 Å². The van der Waals surface area contributed by atoms with Gasteiger partial charge in [0.15, 0.2) is 0 Å². The van der Waals surface area contributed by atoms with E-state index < -0.39 is 6.61 Å². The minimum atomic E-state index is -2.93. The highest BCUT2D eigenvalue weighted by Gasteiger charge is 2.19. The molecule has 7 nitrogen and oxygen atoms in total. The third-order valence-electron chi connectivity index (χ3n) is 4.72. The topological polar surface area (TPSA) is 78.0 Å². The zero-order valence-electron chi connectivity index (χ0n) is 17.0. The first-order valence-electron chi connectivity index (χ1n) is 9.31. The highest BCUT2D eigenvalue weighted by Crippen LogP contribution is 2.34. The second-order valence-electron chi connectivity index (χ2n) is 8.01. The number of aromatic hydroxyl groups is 1. The molecule has 0 radical (unpaired) electrons. The van der Waals surface area contributed by atoms with E-state index in [0.29, 0.717) is 27.8 Å². The number of fused-ring (bicyclic) bond motifs is 1. The van der Waals surface area contributed by atoms with Crippen LogP contribution >= 0.6 is 0 Å². The molecule has 0 aliphatic rings. The fourth-order valence-corrected chi connectivity index (χ4v) is 3.26. The smallest absolute Gasteiger partial charge is 0.387 e. The molecule has 0 amide bonds. The molecule has 30 heavy (non-hydrogen) atoms. The molecule has 4 aromatic heterocycles. The van der Waals surface area contributed by atoms with E-state index in [0.717, 1.165) is 5.56 Å². The van der Waals surface area contributed by atoms with E-state index in [9.17, 15) is 13.9 Å². The van der Waals surface area contributed by atoms with Crippen LogP contribution in [-0.4, -0.2) is 36.0 Å². The van der Waals surface area contributed by atoms with Crippen LogP contribution in [0.15, 0.2) is 43.1 Å². The number of ether oxygens (including phenoxy) is 1. The maximum absolute atomic E-state index is 12.5. The number of pyridine rings is 2. The van der Waals surface area contributed by atoms with Crippen molar-refractivity contribution >= 4 is 10.9 Å². The van der Waals surface area contributed by atoms with Crippen LogP contribution in [0.5, 0.6) is 11.6 Å². The van der Waals surface area contributed by atoms with Gasteiger partial charge in [0, 0.05) is 24.2 Å². The number of alkyl halides is 2. The second-order valence-corrected chi connectivity index (χ2v) is 8.01. The van der Waals surface area contributed by atoms with Gasteiger partial charge in [-0.3, -0.25) is 14.2 Å². The molecule has 4 rings (SSSR count). The Morgan fingerprint density at radius 1 is 1.10 bits per heavy atom. The summed E-state index contributed by atoms with van der Waals surface area (Å²) in [6, 6.07) is 3.23. The Kier molecular flexibility index (Phi) is 4.68. The van der Waals surface area contributed by atoms with Crippen molar-refractivity contribution < 1.29 is 18.6 Å². The molecule has 4 aromatic rings. The molecule has 4 heterocycles. The van der Waals surface area contributed by atoms with Crippen LogP contribution in [0.4, 0.5) is 8.78 Å². The quantitative estimate of drug-likeness (QED) is 0.527. The molecule has 0 atom stereocenters. The molecule has 0 fully saturated rings. The van der Waals surface area contributed by atoms with Gasteiger partial charge in [-0.15, -0.1) is 0 Å². The molecule has 0 aliphatic carbocycles. The van der Waals surface area contributed by atoms with Crippen molar-refractivity contribution in [3.05, 3.63) is 48.7 Å². The summed E-state index contributed by atoms with van der Waals surface area (Å²) < 4.78 is 32.9. The molecule has 0 aromatic carbocycles. The van der Waals surface area contributed by atoms with E-state index in [4.69, 9.17) is 0 Å². The van der Waals surface area contributed by atoms with Gasteiger partial charge < -0.3 is 9.84 Å². The second kappa shape index (κ2) is 7.08. The Hall–Kier alpha value is -3.49. The fraction of sp³-hybridized carbons (Fsp3) is 0.286. The van der Waals surface area contributed by atoms with Gasteiger partial charge in [-0.05, 0) is 45.4 Å². The molecule has 9 heteroatoms. The van der Waals surface area contributed by atoms with Gasteiger partial charge in [0.1, 0.15) is 5.75 Å². The number of nitrogens with zero attached hydrogens (tertiary/aromatic N) is 5. The highest BCUT2D eigenvalue weighted by molar-refractivity contribution is 5.90. The molecule has 156 valence electrons. The SMILES string of the molecule is Cc1cc(-c2cncc(OC(F)F)c2)nc2cn(-c3cnn(C(C)(C)C)c3)c(O)c12. The Morgan fingerprint density at radius 2 is 1.87 bits per heavy atom. The fourth-order valence-electron chi connectivity index (χ4n) is 3.26. The summed E-state index contributed by atoms with van der Waals surface area (Å²) in [6.07, 6.45) is 7.99. The Labute approximate surface area is 171 Å². The number of rotatable bonds is 4. The largest absolute Gasteiger partial charge is 0.494 e. The summed E-state index contributed by atoms with van der Waals surface area (Å²) in [7, 11) is 0. The van der Waals surface area contributed by atoms with Gasteiger partial charge in [0.2, 0.25) is 5.88 Å². The van der Waals surface area contributed by atoms with Crippen molar-refractivity contribution in [3.8, 4) is 28.6 Å². The molecule has 1 N–H and O–H groups in total. The third kappa shape index (κ3) is 3.58. The molecule has 0 spiro atoms. The Bertz CT molecular complexity index is 1220. The molecule has 0 saturated heterocycles. The molecule has 0 unspecified atom stereocenters. The van der Waals surface area contributed by atoms with E-state index in [1.807, 2.05) is 38.6 Å². The zero-order chi connectivity index (χ0) is 21.6. The van der Waals surface area contributed by atoms with Gasteiger partial charge in [-0.2, -0.15) is 13.9 Å². The summed E-state index contributed by atoms with van der Waals surface area (Å²) in [5, 5.41) is 15.8. The van der Waals surface area contributed by atoms with Crippen LogP contribution in [0.3, 0.4) is 0 Å². The molecular formula is C21H21F2N5O2. The van der Waals surface area contributed by atoms with Gasteiger partial charge in [-0.1, -0.05) is 0 Å². The Morgan fingerprint density at radius 3 is 2.53 bits per heavy atom. The van der Waals surface area contributed by atoms with E-state index in [1.54, 1.807) is 23.0 Å². The molecular weight excluding hydrogens is 392 g/mol. The summed E-state index contributed by atoms with van der Waals surface area (Å²) in [6.45, 7) is 5.03. The molecule has 0 bridgehead atoms. The van der Waals surface area contributed by atoms with Crippen LogP contribution in [0.25, 0.3) is 27.8 Å². The van der Waals surface area contributed by atoms with E-state index in [-0.39, 0.29) is 17.2 Å². The maximum Gasteiger partial charge on any atom is 0.387 e. The lowest BCUT2D eigenvalue weighted by atomic mass is 10.1. The van der Waals surface area contributed by atoms with E-state index in [1.165, 1.54) is 18.5 Å². The van der Waals surface area contributed by atoms with Crippen LogP contribution in [0, 0.1) is 6.92 Å². The van der Waals surface area contributed by atoms with Crippen molar-refractivity contribution in [1.29, 1.82) is 0 Å². The van der Waals surface area contributed by atoms with Crippen LogP contribution < -0.4 is 4.74 Å². The molecule has 0 saturated carbocycles. The lowest BCUT2D eigenvalue weighted by molar-refractivity contribution is -0.0500. The van der Waals surface area contributed by atoms with Crippen molar-refractivity contribution in [2.24, 2.45) is 0 Å². The third-order valence-corrected chi connectivity index (χ3v) is 4.72. The number of hydrogen-bond donors (Lipinski definition) is 1. The summed E-state index contributed by atoms with van der Waals surface area (Å²) in [4.78, 5) is 8.55. The van der Waals surface area contributed by atoms with Gasteiger partial charge >= 0.3 is 6.61 Å². The first-order valence-corrected chi connectivity index (χ1v) is 9.31. The normalized spacial score (nSPS) is 12.1. The minimum absolute atomic E-state index is 0.0444. The van der Waals surface area contributed by atoms with Crippen molar-refractivity contribution in [2.45, 2.75) is 39.8 Å². The average molecular weight is 413 g/mol. The average Bonchev–Trinajstić information content (AvgIpc) is 3.26. The number of halogens is 2. The van der Waals surface area contributed by atoms with Crippen molar-refractivity contribution in [3.63, 3.8) is 0 Å². The monoisotopic (exact) mass is 413 g/mol. The summed E-state index contributed by atoms with van der Waals surface area (Å²) in [5.74, 6) is 0.0139. The van der Waals surface area contributed by atoms with Crippen LogP contribution in [-0.2, 0) is 5.54 Å². The number of hydrogen-bond acceptors (Lipinski definition) is 5. The Balaban J connectivity index is 1.79. The highest BCUT2D eigenvalue weighted by atomic mass is 19.3. The molecule has 0 aliphatic heterocycles. The van der Waals surface area contributed by atoms with Crippen molar-refractivity contribution in [2.75, 3.05) is 0 Å². The lowest BCUT2D eigenvalue weighted by Gasteiger charge is -2.18. The van der Waals surface area contributed by atoms with E-state index >= 15 is 0 Å². The maximum atomic E-state index is 12.5. The van der Waals surface area contributed by atoms with E-state index in [2.05, 4.69) is 19.8 Å². The summed E-state index contributed by atoms with van der Waals surface area (Å²) in [5.41, 5.74) is 2.93. The van der Waals surface area contributed by atoms with Gasteiger partial charge in [0.05, 0.1) is 40.2 Å². The zero-order valence-corrected chi connectivity index (χ0v) is 17.0. The number of aryl methyl sites for hydroxylation is 1. The predicted molar refractivity (Wildman–Crippen MR) is 108 cm³/mol.